The van der Waals surface area contributed by atoms with E-state index in [4.69, 9.17) is 4.98 Å². The van der Waals surface area contributed by atoms with E-state index in [1.807, 2.05) is 36.2 Å². The lowest BCUT2D eigenvalue weighted by molar-refractivity contribution is 0.622. The number of rotatable bonds is 4. The molecule has 4 rings (SSSR count). The van der Waals surface area contributed by atoms with Gasteiger partial charge in [-0.25, -0.2) is 9.37 Å². The van der Waals surface area contributed by atoms with E-state index >= 15 is 0 Å². The Morgan fingerprint density at radius 2 is 2.00 bits per heavy atom. The Morgan fingerprint density at radius 3 is 2.76 bits per heavy atom. The third-order valence-corrected chi connectivity index (χ3v) is 4.92. The van der Waals surface area contributed by atoms with Gasteiger partial charge in [0, 0.05) is 43.7 Å². The van der Waals surface area contributed by atoms with E-state index in [0.717, 1.165) is 48.0 Å². The van der Waals surface area contributed by atoms with Gasteiger partial charge < -0.3 is 15.1 Å². The van der Waals surface area contributed by atoms with Crippen LogP contribution in [0, 0.1) is 12.7 Å². The van der Waals surface area contributed by atoms with Crippen molar-refractivity contribution < 1.29 is 4.39 Å². The summed E-state index contributed by atoms with van der Waals surface area (Å²) in [6.07, 6.45) is 5.52. The lowest BCUT2D eigenvalue weighted by atomic mass is 10.1. The van der Waals surface area contributed by atoms with Gasteiger partial charge in [0.25, 0.3) is 0 Å². The van der Waals surface area contributed by atoms with Gasteiger partial charge in [0.2, 0.25) is 0 Å². The number of aromatic nitrogens is 3. The lowest BCUT2D eigenvalue weighted by Gasteiger charge is -2.27. The van der Waals surface area contributed by atoms with Gasteiger partial charge in [-0.1, -0.05) is 6.58 Å². The molecule has 0 saturated heterocycles. The molecule has 3 aromatic rings. The molecule has 0 aliphatic carbocycles. The van der Waals surface area contributed by atoms with Gasteiger partial charge in [-0.15, -0.1) is 0 Å². The average Bonchev–Trinajstić information content (AvgIpc) is 2.87. The molecule has 148 valence electrons. The van der Waals surface area contributed by atoms with Crippen LogP contribution in [-0.2, 0) is 0 Å². The molecule has 7 heteroatoms. The molecule has 0 aromatic carbocycles. The number of anilines is 3. The zero-order chi connectivity index (χ0) is 20.4. The molecule has 0 radical (unpaired) electrons. The maximum atomic E-state index is 13.5. The topological polar surface area (TPSA) is 57.2 Å². The van der Waals surface area contributed by atoms with Gasteiger partial charge in [0.15, 0.2) is 5.82 Å². The summed E-state index contributed by atoms with van der Waals surface area (Å²) in [7, 11) is 2.06. The van der Waals surface area contributed by atoms with Crippen LogP contribution in [0.25, 0.3) is 11.3 Å². The number of hydrogen-bond acceptors (Lipinski definition) is 6. The quantitative estimate of drug-likeness (QED) is 0.720. The molecule has 1 N–H and O–H groups in total. The molecular formula is C22H23FN6. The summed E-state index contributed by atoms with van der Waals surface area (Å²) in [5, 5.41) is 3.16. The highest BCUT2D eigenvalue weighted by Gasteiger charge is 2.23. The molecule has 0 unspecified atom stereocenters. The number of halogens is 1. The minimum absolute atomic E-state index is 0.397. The van der Waals surface area contributed by atoms with Crippen LogP contribution in [0.2, 0.25) is 0 Å². The minimum atomic E-state index is -0.397. The zero-order valence-electron chi connectivity index (χ0n) is 16.6. The first-order valence-electron chi connectivity index (χ1n) is 9.50. The maximum absolute atomic E-state index is 13.5. The third-order valence-electron chi connectivity index (χ3n) is 4.92. The van der Waals surface area contributed by atoms with Crippen LogP contribution >= 0.6 is 0 Å². The lowest BCUT2D eigenvalue weighted by Crippen LogP contribution is -2.28. The molecule has 29 heavy (non-hydrogen) atoms. The highest BCUT2D eigenvalue weighted by atomic mass is 19.1. The minimum Gasteiger partial charge on any atom is -0.372 e. The van der Waals surface area contributed by atoms with Crippen LogP contribution in [0.15, 0.2) is 61.3 Å². The molecule has 3 aromatic heterocycles. The van der Waals surface area contributed by atoms with Crippen molar-refractivity contribution in [2.24, 2.45) is 0 Å². The number of aryl methyl sites for hydroxylation is 1. The van der Waals surface area contributed by atoms with Crippen molar-refractivity contribution in [1.82, 2.24) is 15.0 Å². The molecule has 0 atom stereocenters. The molecule has 1 aliphatic heterocycles. The molecule has 6 nitrogen and oxygen atoms in total. The van der Waals surface area contributed by atoms with Gasteiger partial charge in [0.1, 0.15) is 11.6 Å². The first-order valence-corrected chi connectivity index (χ1v) is 9.50. The van der Waals surface area contributed by atoms with Gasteiger partial charge in [-0.3, -0.25) is 9.97 Å². The van der Waals surface area contributed by atoms with E-state index < -0.39 is 5.82 Å². The van der Waals surface area contributed by atoms with Gasteiger partial charge in [-0.2, -0.15) is 0 Å². The number of fused-ring (bicyclic) bond motifs is 1. The predicted octanol–water partition coefficient (Wildman–Crippen LogP) is 4.22. The highest BCUT2D eigenvalue weighted by Crippen LogP contribution is 2.34. The Kier molecular flexibility index (Phi) is 5.12. The van der Waals surface area contributed by atoms with Crippen LogP contribution < -0.4 is 15.1 Å². The second-order valence-corrected chi connectivity index (χ2v) is 7.12. The Hall–Kier alpha value is -3.48. The number of hydrogen-bond donors (Lipinski definition) is 1. The van der Waals surface area contributed by atoms with Crippen LogP contribution in [0.4, 0.5) is 21.6 Å². The molecule has 0 amide bonds. The summed E-state index contributed by atoms with van der Waals surface area (Å²) in [6, 6.07) is 9.48. The fraction of sp³-hybridized carbons (Fsp3) is 0.227. The Morgan fingerprint density at radius 1 is 1.14 bits per heavy atom. The summed E-state index contributed by atoms with van der Waals surface area (Å²) in [5.74, 6) is 1.04. The first kappa shape index (κ1) is 18.9. The van der Waals surface area contributed by atoms with E-state index in [1.165, 1.54) is 12.3 Å². The molecule has 0 saturated carbocycles. The first-order chi connectivity index (χ1) is 14.0. The van der Waals surface area contributed by atoms with Crippen molar-refractivity contribution >= 4 is 17.2 Å². The third kappa shape index (κ3) is 4.03. The molecule has 1 aliphatic rings. The largest absolute Gasteiger partial charge is 0.372 e. The summed E-state index contributed by atoms with van der Waals surface area (Å²) in [5.41, 5.74) is 4.33. The molecule has 0 bridgehead atoms. The van der Waals surface area contributed by atoms with Crippen LogP contribution in [0.1, 0.15) is 12.1 Å². The van der Waals surface area contributed by atoms with E-state index in [0.29, 0.717) is 11.5 Å². The van der Waals surface area contributed by atoms with Crippen LogP contribution in [-0.4, -0.2) is 35.1 Å². The number of pyridine rings is 3. The second-order valence-electron chi connectivity index (χ2n) is 7.12. The molecule has 4 heterocycles. The van der Waals surface area contributed by atoms with Gasteiger partial charge in [0.05, 0.1) is 29.5 Å². The van der Waals surface area contributed by atoms with E-state index in [9.17, 15) is 4.39 Å². The van der Waals surface area contributed by atoms with E-state index in [-0.39, 0.29) is 0 Å². The van der Waals surface area contributed by atoms with Crippen LogP contribution in [0.5, 0.6) is 0 Å². The van der Waals surface area contributed by atoms with E-state index in [1.54, 1.807) is 6.20 Å². The van der Waals surface area contributed by atoms with Gasteiger partial charge >= 0.3 is 0 Å². The summed E-state index contributed by atoms with van der Waals surface area (Å²) < 4.78 is 13.5. The fourth-order valence-electron chi connectivity index (χ4n) is 3.39. The molecule has 0 spiro atoms. The number of nitrogens with zero attached hydrogens (tertiary/aromatic N) is 5. The smallest absolute Gasteiger partial charge is 0.158 e. The fourth-order valence-corrected chi connectivity index (χ4v) is 3.39. The average molecular weight is 390 g/mol. The number of nitrogens with one attached hydrogen (secondary N) is 1. The Bertz CT molecular complexity index is 1030. The van der Waals surface area contributed by atoms with Crippen molar-refractivity contribution in [3.63, 3.8) is 0 Å². The normalized spacial score (nSPS) is 13.6. The summed E-state index contributed by atoms with van der Waals surface area (Å²) in [4.78, 5) is 17.4. The highest BCUT2D eigenvalue weighted by molar-refractivity contribution is 5.75. The van der Waals surface area contributed by atoms with Crippen molar-refractivity contribution in [3.05, 3.63) is 72.8 Å². The predicted molar refractivity (Wildman–Crippen MR) is 114 cm³/mol. The SMILES string of the molecule is C=C(Nc1cncc(F)c1)N1CCCN(C)c2ccc(-c3ccc(C)nc3)nc21. The van der Waals surface area contributed by atoms with Crippen molar-refractivity contribution in [1.29, 1.82) is 0 Å². The van der Waals surface area contributed by atoms with Crippen molar-refractivity contribution in [3.8, 4) is 11.3 Å². The Balaban J connectivity index is 1.70. The molecular weight excluding hydrogens is 367 g/mol. The zero-order valence-corrected chi connectivity index (χ0v) is 16.6. The second kappa shape index (κ2) is 7.87. The standard InChI is InChI=1S/C22H23FN6/c1-15-5-6-17(12-25-15)20-7-8-21-22(27-20)29(10-4-9-28(21)3)16(2)26-19-11-18(23)13-24-14-19/h5-8,11-14,26H,2,4,9-10H2,1,3H3. The van der Waals surface area contributed by atoms with Gasteiger partial charge in [-0.05, 0) is 37.6 Å². The van der Waals surface area contributed by atoms with Crippen molar-refractivity contribution in [2.75, 3.05) is 35.3 Å². The summed E-state index contributed by atoms with van der Waals surface area (Å²) >= 11 is 0. The summed E-state index contributed by atoms with van der Waals surface area (Å²) in [6.45, 7) is 7.79. The Labute approximate surface area is 169 Å². The monoisotopic (exact) mass is 390 g/mol. The maximum Gasteiger partial charge on any atom is 0.158 e. The molecule has 0 fully saturated rings. The van der Waals surface area contributed by atoms with Crippen LogP contribution in [0.3, 0.4) is 0 Å². The van der Waals surface area contributed by atoms with E-state index in [2.05, 4.69) is 39.9 Å². The van der Waals surface area contributed by atoms with Crippen molar-refractivity contribution in [2.45, 2.75) is 13.3 Å².